The molecule has 1 saturated heterocycles. The van der Waals surface area contributed by atoms with Gasteiger partial charge >= 0.3 is 5.97 Å². The quantitative estimate of drug-likeness (QED) is 0.887. The van der Waals surface area contributed by atoms with Gasteiger partial charge in [-0.25, -0.2) is 0 Å². The van der Waals surface area contributed by atoms with E-state index in [0.717, 1.165) is 5.56 Å². The lowest BCUT2D eigenvalue weighted by molar-refractivity contribution is -0.141. The zero-order valence-corrected chi connectivity index (χ0v) is 11.5. The lowest BCUT2D eigenvalue weighted by Gasteiger charge is -2.17. The average molecular weight is 286 g/mol. The van der Waals surface area contributed by atoms with Crippen LogP contribution < -0.4 is 14.8 Å². The number of carbonyl (C=O) groups is 1. The Kier molecular flexibility index (Phi) is 4.17. The summed E-state index contributed by atoms with van der Waals surface area (Å²) in [6.45, 7) is 0.452. The van der Waals surface area contributed by atoms with Crippen LogP contribution >= 0.6 is 11.6 Å². The number of ether oxygens (including phenoxy) is 2. The van der Waals surface area contributed by atoms with Crippen LogP contribution in [0.2, 0.25) is 5.02 Å². The lowest BCUT2D eigenvalue weighted by atomic mass is 9.99. The Bertz CT molecular complexity index is 492. The number of rotatable bonds is 4. The summed E-state index contributed by atoms with van der Waals surface area (Å²) in [6, 6.07) is 3.41. The minimum Gasteiger partial charge on any atom is -0.496 e. The van der Waals surface area contributed by atoms with Gasteiger partial charge in [0.2, 0.25) is 0 Å². The van der Waals surface area contributed by atoms with Gasteiger partial charge in [0.15, 0.2) is 0 Å². The molecule has 1 aliphatic rings. The molecule has 1 heterocycles. The summed E-state index contributed by atoms with van der Waals surface area (Å²) in [6.07, 6.45) is 0.524. The van der Waals surface area contributed by atoms with Gasteiger partial charge in [-0.2, -0.15) is 0 Å². The SMILES string of the molecule is COc1cc(C2CC(C(=O)O)CN2)c(OC)cc1Cl. The van der Waals surface area contributed by atoms with E-state index < -0.39 is 5.97 Å². The molecule has 5 nitrogen and oxygen atoms in total. The van der Waals surface area contributed by atoms with E-state index in [1.54, 1.807) is 26.4 Å². The Morgan fingerprint density at radius 1 is 1.37 bits per heavy atom. The Morgan fingerprint density at radius 2 is 2.05 bits per heavy atom. The van der Waals surface area contributed by atoms with E-state index in [2.05, 4.69) is 5.32 Å². The molecule has 1 aliphatic heterocycles. The van der Waals surface area contributed by atoms with Crippen molar-refractivity contribution < 1.29 is 19.4 Å². The molecular weight excluding hydrogens is 270 g/mol. The molecule has 0 saturated carbocycles. The smallest absolute Gasteiger partial charge is 0.307 e. The maximum Gasteiger partial charge on any atom is 0.307 e. The van der Waals surface area contributed by atoms with Crippen molar-refractivity contribution in [3.8, 4) is 11.5 Å². The minimum absolute atomic E-state index is 0.0674. The predicted molar refractivity (Wildman–Crippen MR) is 71.0 cm³/mol. The number of methoxy groups -OCH3 is 2. The summed E-state index contributed by atoms with van der Waals surface area (Å²) in [5.41, 5.74) is 0.868. The first-order valence-electron chi connectivity index (χ1n) is 5.94. The van der Waals surface area contributed by atoms with Gasteiger partial charge in [0, 0.05) is 24.2 Å². The van der Waals surface area contributed by atoms with Gasteiger partial charge in [0.05, 0.1) is 25.2 Å². The Balaban J connectivity index is 2.31. The standard InChI is InChI=1S/C13H16ClNO4/c1-18-11-5-9(14)12(19-2)4-8(11)10-3-7(6-15-10)13(16)17/h4-5,7,10,15H,3,6H2,1-2H3,(H,16,17). The second-order valence-corrected chi connectivity index (χ2v) is 4.87. The molecule has 1 fully saturated rings. The van der Waals surface area contributed by atoms with E-state index in [1.165, 1.54) is 0 Å². The third-order valence-corrected chi connectivity index (χ3v) is 3.66. The van der Waals surface area contributed by atoms with Gasteiger partial charge in [-0.15, -0.1) is 0 Å². The first-order valence-corrected chi connectivity index (χ1v) is 6.32. The van der Waals surface area contributed by atoms with Crippen molar-refractivity contribution in [2.45, 2.75) is 12.5 Å². The van der Waals surface area contributed by atoms with E-state index in [9.17, 15) is 4.79 Å². The van der Waals surface area contributed by atoms with Gasteiger partial charge in [-0.05, 0) is 12.5 Å². The molecule has 0 bridgehead atoms. The maximum atomic E-state index is 11.0. The molecule has 0 radical (unpaired) electrons. The number of benzene rings is 1. The number of aliphatic carboxylic acids is 1. The van der Waals surface area contributed by atoms with E-state index in [0.29, 0.717) is 29.5 Å². The lowest BCUT2D eigenvalue weighted by Crippen LogP contribution is -2.17. The fraction of sp³-hybridized carbons (Fsp3) is 0.462. The van der Waals surface area contributed by atoms with Crippen LogP contribution in [0.3, 0.4) is 0 Å². The molecule has 2 rings (SSSR count). The first kappa shape index (κ1) is 14.0. The summed E-state index contributed by atoms with van der Waals surface area (Å²) < 4.78 is 10.5. The number of hydrogen-bond acceptors (Lipinski definition) is 4. The van der Waals surface area contributed by atoms with Gasteiger partial charge in [0.1, 0.15) is 11.5 Å². The van der Waals surface area contributed by atoms with Crippen molar-refractivity contribution in [1.82, 2.24) is 5.32 Å². The number of nitrogens with one attached hydrogen (secondary N) is 1. The van der Waals surface area contributed by atoms with Gasteiger partial charge < -0.3 is 19.9 Å². The van der Waals surface area contributed by atoms with Gasteiger partial charge in [-0.1, -0.05) is 11.6 Å². The summed E-state index contributed by atoms with van der Waals surface area (Å²) in [7, 11) is 3.10. The van der Waals surface area contributed by atoms with Crippen LogP contribution in [0, 0.1) is 5.92 Å². The van der Waals surface area contributed by atoms with E-state index in [-0.39, 0.29) is 12.0 Å². The van der Waals surface area contributed by atoms with Crippen LogP contribution in [0.25, 0.3) is 0 Å². The second kappa shape index (κ2) is 5.67. The third kappa shape index (κ3) is 2.77. The molecule has 0 aliphatic carbocycles. The van der Waals surface area contributed by atoms with E-state index in [1.807, 2.05) is 0 Å². The fourth-order valence-electron chi connectivity index (χ4n) is 2.32. The topological polar surface area (TPSA) is 67.8 Å². The summed E-state index contributed by atoms with van der Waals surface area (Å²) >= 11 is 6.05. The Labute approximate surface area is 116 Å². The largest absolute Gasteiger partial charge is 0.496 e. The Morgan fingerprint density at radius 3 is 2.58 bits per heavy atom. The molecule has 104 valence electrons. The van der Waals surface area contributed by atoms with Gasteiger partial charge in [0.25, 0.3) is 0 Å². The zero-order chi connectivity index (χ0) is 14.0. The van der Waals surface area contributed by atoms with Crippen LogP contribution in [0.4, 0.5) is 0 Å². The normalized spacial score (nSPS) is 22.3. The van der Waals surface area contributed by atoms with Crippen LogP contribution in [0.15, 0.2) is 12.1 Å². The molecule has 0 spiro atoms. The number of carboxylic acids is 1. The number of carboxylic acid groups (broad SMARTS) is 1. The maximum absolute atomic E-state index is 11.0. The van der Waals surface area contributed by atoms with Crippen LogP contribution in [-0.2, 0) is 4.79 Å². The minimum atomic E-state index is -0.783. The van der Waals surface area contributed by atoms with E-state index >= 15 is 0 Å². The predicted octanol–water partition coefficient (Wildman–Crippen LogP) is 2.09. The average Bonchev–Trinajstić information content (AvgIpc) is 2.88. The molecular formula is C13H16ClNO4. The first-order chi connectivity index (χ1) is 9.06. The molecule has 2 unspecified atom stereocenters. The molecule has 1 aromatic rings. The second-order valence-electron chi connectivity index (χ2n) is 4.46. The van der Waals surface area contributed by atoms with Crippen molar-refractivity contribution in [1.29, 1.82) is 0 Å². The molecule has 2 N–H and O–H groups in total. The third-order valence-electron chi connectivity index (χ3n) is 3.36. The molecule has 0 aromatic heterocycles. The monoisotopic (exact) mass is 285 g/mol. The molecule has 19 heavy (non-hydrogen) atoms. The summed E-state index contributed by atoms with van der Waals surface area (Å²) in [4.78, 5) is 11.0. The molecule has 0 amide bonds. The fourth-order valence-corrected chi connectivity index (χ4v) is 2.55. The molecule has 1 aromatic carbocycles. The van der Waals surface area contributed by atoms with Crippen molar-refractivity contribution in [3.63, 3.8) is 0 Å². The van der Waals surface area contributed by atoms with Crippen molar-refractivity contribution in [2.75, 3.05) is 20.8 Å². The highest BCUT2D eigenvalue weighted by atomic mass is 35.5. The number of halogens is 1. The zero-order valence-electron chi connectivity index (χ0n) is 10.8. The number of hydrogen-bond donors (Lipinski definition) is 2. The van der Waals surface area contributed by atoms with Crippen LogP contribution in [-0.4, -0.2) is 31.8 Å². The van der Waals surface area contributed by atoms with Crippen molar-refractivity contribution in [2.24, 2.45) is 5.92 Å². The Hall–Kier alpha value is -1.46. The highest BCUT2D eigenvalue weighted by Crippen LogP contribution is 2.39. The summed E-state index contributed by atoms with van der Waals surface area (Å²) in [5, 5.41) is 12.7. The van der Waals surface area contributed by atoms with E-state index in [4.69, 9.17) is 26.2 Å². The van der Waals surface area contributed by atoms with Crippen molar-refractivity contribution in [3.05, 3.63) is 22.7 Å². The molecule has 6 heteroatoms. The van der Waals surface area contributed by atoms with Crippen molar-refractivity contribution >= 4 is 17.6 Å². The van der Waals surface area contributed by atoms with Crippen LogP contribution in [0.1, 0.15) is 18.0 Å². The highest BCUT2D eigenvalue weighted by molar-refractivity contribution is 6.32. The molecule has 2 atom stereocenters. The highest BCUT2D eigenvalue weighted by Gasteiger charge is 2.32. The summed E-state index contributed by atoms with van der Waals surface area (Å²) in [5.74, 6) is 0.0265. The van der Waals surface area contributed by atoms with Gasteiger partial charge in [-0.3, -0.25) is 4.79 Å². The van der Waals surface area contributed by atoms with Crippen LogP contribution in [0.5, 0.6) is 11.5 Å².